The number of rotatable bonds is 9. The molecule has 2 heterocycles. The molecule has 0 saturated carbocycles. The van der Waals surface area contributed by atoms with Gasteiger partial charge in [-0.15, -0.1) is 0 Å². The third-order valence-corrected chi connectivity index (χ3v) is 4.03. The third-order valence-electron chi connectivity index (χ3n) is 4.03. The van der Waals surface area contributed by atoms with Crippen LogP contribution in [0.2, 0.25) is 0 Å². The van der Waals surface area contributed by atoms with Crippen LogP contribution in [0.5, 0.6) is 0 Å². The van der Waals surface area contributed by atoms with E-state index in [1.54, 1.807) is 49.0 Å². The van der Waals surface area contributed by atoms with Crippen molar-refractivity contribution < 1.29 is 18.7 Å². The summed E-state index contributed by atoms with van der Waals surface area (Å²) in [7, 11) is 1.85. The van der Waals surface area contributed by atoms with Gasteiger partial charge in [-0.2, -0.15) is 0 Å². The number of aryl methyl sites for hydroxylation is 1. The highest BCUT2D eigenvalue weighted by molar-refractivity contribution is 5.27. The second-order valence-corrected chi connectivity index (χ2v) is 6.01. The molecule has 7 heteroatoms. The molecule has 2 atom stereocenters. The molecule has 3 aromatic rings. The number of aliphatic hydroxyl groups excluding tert-OH is 1. The topological polar surface area (TPSA) is 72.5 Å². The van der Waals surface area contributed by atoms with Gasteiger partial charge in [-0.25, -0.2) is 9.37 Å². The lowest BCUT2D eigenvalue weighted by atomic mass is 10.1. The van der Waals surface area contributed by atoms with Gasteiger partial charge in [0.05, 0.1) is 25.0 Å². The Morgan fingerprint density at radius 2 is 2.15 bits per heavy atom. The molecule has 0 aliphatic carbocycles. The van der Waals surface area contributed by atoms with Crippen molar-refractivity contribution in [2.24, 2.45) is 7.05 Å². The van der Waals surface area contributed by atoms with Crippen LogP contribution in [0.4, 0.5) is 4.39 Å². The molecule has 0 saturated heterocycles. The summed E-state index contributed by atoms with van der Waals surface area (Å²) in [6, 6.07) is 9.65. The maximum absolute atomic E-state index is 14.3. The Hall–Kier alpha value is -2.48. The molecular weight excluding hydrogens is 337 g/mol. The van der Waals surface area contributed by atoms with Crippen molar-refractivity contribution >= 4 is 0 Å². The molecule has 0 unspecified atom stereocenters. The zero-order valence-corrected chi connectivity index (χ0v) is 14.5. The Kier molecular flexibility index (Phi) is 6.17. The number of furan rings is 1. The summed E-state index contributed by atoms with van der Waals surface area (Å²) >= 11 is 0. The number of aliphatic hydroxyl groups is 1. The Morgan fingerprint density at radius 1 is 1.31 bits per heavy atom. The number of benzene rings is 1. The first-order valence-electron chi connectivity index (χ1n) is 8.38. The van der Waals surface area contributed by atoms with Crippen LogP contribution < -0.4 is 5.32 Å². The molecule has 0 spiro atoms. The molecule has 2 aromatic heterocycles. The van der Waals surface area contributed by atoms with Gasteiger partial charge in [-0.1, -0.05) is 18.2 Å². The number of hydrogen-bond donors (Lipinski definition) is 2. The number of ether oxygens (including phenoxy) is 1. The fourth-order valence-electron chi connectivity index (χ4n) is 2.71. The van der Waals surface area contributed by atoms with Crippen LogP contribution in [0.3, 0.4) is 0 Å². The van der Waals surface area contributed by atoms with E-state index in [2.05, 4.69) is 10.3 Å². The average molecular weight is 359 g/mol. The Balaban J connectivity index is 1.61. The quantitative estimate of drug-likeness (QED) is 0.614. The van der Waals surface area contributed by atoms with Crippen LogP contribution in [0.1, 0.15) is 23.2 Å². The minimum atomic E-state index is -0.750. The largest absolute Gasteiger partial charge is 0.467 e. The molecular formula is C19H22FN3O3. The number of nitrogens with zero attached hydrogens (tertiary/aromatic N) is 2. The lowest BCUT2D eigenvalue weighted by molar-refractivity contribution is 0.0218. The first-order valence-corrected chi connectivity index (χ1v) is 8.38. The second-order valence-electron chi connectivity index (χ2n) is 6.01. The molecule has 1 aromatic carbocycles. The number of imidazole rings is 1. The average Bonchev–Trinajstić information content (AvgIpc) is 3.29. The predicted molar refractivity (Wildman–Crippen MR) is 93.8 cm³/mol. The minimum absolute atomic E-state index is 0.137. The van der Waals surface area contributed by atoms with Crippen molar-refractivity contribution in [3.05, 3.63) is 78.0 Å². The van der Waals surface area contributed by atoms with Gasteiger partial charge in [0.15, 0.2) is 0 Å². The minimum Gasteiger partial charge on any atom is -0.467 e. The number of hydrogen-bond acceptors (Lipinski definition) is 5. The SMILES string of the molecule is Cn1ccnc1[C@H](NC[C@@H](O)COCc1ccco1)c1ccccc1F. The van der Waals surface area contributed by atoms with Crippen molar-refractivity contribution in [2.45, 2.75) is 18.8 Å². The molecule has 6 nitrogen and oxygen atoms in total. The molecule has 0 amide bonds. The van der Waals surface area contributed by atoms with Crippen LogP contribution in [0, 0.1) is 5.82 Å². The maximum atomic E-state index is 14.3. The van der Waals surface area contributed by atoms with E-state index < -0.39 is 12.1 Å². The van der Waals surface area contributed by atoms with E-state index in [0.717, 1.165) is 0 Å². The van der Waals surface area contributed by atoms with Gasteiger partial charge < -0.3 is 24.1 Å². The molecule has 0 fully saturated rings. The van der Waals surface area contributed by atoms with Gasteiger partial charge in [0.2, 0.25) is 0 Å². The summed E-state index contributed by atoms with van der Waals surface area (Å²) in [5.74, 6) is 1.04. The van der Waals surface area contributed by atoms with Crippen molar-refractivity contribution in [3.63, 3.8) is 0 Å². The molecule has 0 aliphatic heterocycles. The monoisotopic (exact) mass is 359 g/mol. The van der Waals surface area contributed by atoms with E-state index in [1.165, 1.54) is 6.07 Å². The second kappa shape index (κ2) is 8.75. The lowest BCUT2D eigenvalue weighted by Crippen LogP contribution is -2.35. The van der Waals surface area contributed by atoms with E-state index in [-0.39, 0.29) is 19.0 Å². The fraction of sp³-hybridized carbons (Fsp3) is 0.316. The van der Waals surface area contributed by atoms with Gasteiger partial charge >= 0.3 is 0 Å². The van der Waals surface area contributed by atoms with E-state index >= 15 is 0 Å². The summed E-state index contributed by atoms with van der Waals surface area (Å²) in [5, 5.41) is 13.4. The van der Waals surface area contributed by atoms with E-state index in [0.29, 0.717) is 23.8 Å². The van der Waals surface area contributed by atoms with Gasteiger partial charge in [0.1, 0.15) is 24.0 Å². The highest BCUT2D eigenvalue weighted by Gasteiger charge is 2.22. The summed E-state index contributed by atoms with van der Waals surface area (Å²) in [4.78, 5) is 4.32. The number of halogens is 1. The van der Waals surface area contributed by atoms with Crippen molar-refractivity contribution in [2.75, 3.05) is 13.2 Å². The highest BCUT2D eigenvalue weighted by Crippen LogP contribution is 2.23. The maximum Gasteiger partial charge on any atom is 0.130 e. The van der Waals surface area contributed by atoms with Gasteiger partial charge in [-0.3, -0.25) is 0 Å². The zero-order valence-electron chi connectivity index (χ0n) is 14.5. The molecule has 138 valence electrons. The lowest BCUT2D eigenvalue weighted by Gasteiger charge is -2.21. The summed E-state index contributed by atoms with van der Waals surface area (Å²) in [5.41, 5.74) is 0.477. The number of aromatic nitrogens is 2. The van der Waals surface area contributed by atoms with Crippen molar-refractivity contribution in [1.82, 2.24) is 14.9 Å². The summed E-state index contributed by atoms with van der Waals surface area (Å²) in [6.07, 6.45) is 4.28. The molecule has 26 heavy (non-hydrogen) atoms. The molecule has 2 N–H and O–H groups in total. The predicted octanol–water partition coefficient (Wildman–Crippen LogP) is 2.41. The van der Waals surface area contributed by atoms with E-state index in [9.17, 15) is 9.50 Å². The fourth-order valence-corrected chi connectivity index (χ4v) is 2.71. The van der Waals surface area contributed by atoms with Gasteiger partial charge in [0, 0.05) is 31.5 Å². The molecule has 0 radical (unpaired) electrons. The Bertz CT molecular complexity index is 804. The molecule has 0 bridgehead atoms. The van der Waals surface area contributed by atoms with Crippen LogP contribution in [-0.4, -0.2) is 33.9 Å². The van der Waals surface area contributed by atoms with Crippen LogP contribution in [0.25, 0.3) is 0 Å². The number of nitrogens with one attached hydrogen (secondary N) is 1. The van der Waals surface area contributed by atoms with Crippen molar-refractivity contribution in [3.8, 4) is 0 Å². The van der Waals surface area contributed by atoms with Crippen LogP contribution >= 0.6 is 0 Å². The highest BCUT2D eigenvalue weighted by atomic mass is 19.1. The smallest absolute Gasteiger partial charge is 0.130 e. The first-order chi connectivity index (χ1) is 12.6. The first kappa shape index (κ1) is 18.3. The van der Waals surface area contributed by atoms with Gasteiger partial charge in [-0.05, 0) is 18.2 Å². The molecule has 3 rings (SSSR count). The van der Waals surface area contributed by atoms with Gasteiger partial charge in [0.25, 0.3) is 0 Å². The van der Waals surface area contributed by atoms with E-state index in [4.69, 9.17) is 9.15 Å². The Labute approximate surface area is 151 Å². The normalized spacial score (nSPS) is 13.7. The van der Waals surface area contributed by atoms with Crippen LogP contribution in [0.15, 0.2) is 59.5 Å². The molecule has 0 aliphatic rings. The summed E-state index contributed by atoms with van der Waals surface area (Å²) < 4.78 is 26.7. The van der Waals surface area contributed by atoms with E-state index in [1.807, 2.05) is 11.6 Å². The standard InChI is InChI=1S/C19H22FN3O3/c1-23-9-8-21-19(23)18(16-6-2-3-7-17(16)20)22-11-14(24)12-25-13-15-5-4-10-26-15/h2-10,14,18,22,24H,11-13H2,1H3/t14-,18-/m1/s1. The zero-order chi connectivity index (χ0) is 18.4. The van der Waals surface area contributed by atoms with Crippen LogP contribution in [-0.2, 0) is 18.4 Å². The van der Waals surface area contributed by atoms with Crippen molar-refractivity contribution in [1.29, 1.82) is 0 Å². The third kappa shape index (κ3) is 4.57. The summed E-state index contributed by atoms with van der Waals surface area (Å²) in [6.45, 7) is 0.655. The Morgan fingerprint density at radius 3 is 2.85 bits per heavy atom.